The number of nitrogens with zero attached hydrogens (tertiary/aromatic N) is 3. The van der Waals surface area contributed by atoms with Crippen LogP contribution in [0.15, 0.2) is 23.8 Å². The third-order valence-electron chi connectivity index (χ3n) is 2.35. The second-order valence-electron chi connectivity index (χ2n) is 3.71. The molecule has 0 aliphatic rings. The monoisotopic (exact) mass is 264 g/mol. The van der Waals surface area contributed by atoms with Gasteiger partial charge in [0, 0.05) is 44.4 Å². The summed E-state index contributed by atoms with van der Waals surface area (Å²) in [7, 11) is 1.70. The molecule has 0 atom stereocenters. The molecule has 2 aromatic heterocycles. The van der Waals surface area contributed by atoms with Crippen molar-refractivity contribution in [2.75, 3.05) is 26.8 Å². The minimum atomic E-state index is 0.695. The van der Waals surface area contributed by atoms with Crippen molar-refractivity contribution in [1.29, 1.82) is 0 Å². The number of hydrogen-bond donors (Lipinski definition) is 1. The van der Waals surface area contributed by atoms with Crippen LogP contribution in [0.25, 0.3) is 10.8 Å². The lowest BCUT2D eigenvalue weighted by atomic mass is 10.3. The maximum atomic E-state index is 4.96. The zero-order valence-electron chi connectivity index (χ0n) is 10.3. The van der Waals surface area contributed by atoms with E-state index in [1.807, 2.05) is 0 Å². The quantitative estimate of drug-likeness (QED) is 0.766. The van der Waals surface area contributed by atoms with Crippen LogP contribution >= 0.6 is 11.3 Å². The van der Waals surface area contributed by atoms with Gasteiger partial charge in [0.15, 0.2) is 10.8 Å². The summed E-state index contributed by atoms with van der Waals surface area (Å²) in [6, 6.07) is 1.80. The molecule has 0 bridgehead atoms. The third-order valence-corrected chi connectivity index (χ3v) is 3.24. The number of nitrogens with one attached hydrogen (secondary N) is 1. The van der Waals surface area contributed by atoms with Crippen molar-refractivity contribution < 1.29 is 4.74 Å². The summed E-state index contributed by atoms with van der Waals surface area (Å²) in [5.74, 6) is 0.695. The Kier molecular flexibility index (Phi) is 5.19. The minimum Gasteiger partial charge on any atom is -0.383 e. The number of aromatic nitrogens is 3. The Hall–Kier alpha value is -1.37. The van der Waals surface area contributed by atoms with E-state index in [4.69, 9.17) is 4.74 Å². The van der Waals surface area contributed by atoms with Gasteiger partial charge in [-0.25, -0.2) is 15.0 Å². The van der Waals surface area contributed by atoms with E-state index in [0.29, 0.717) is 5.82 Å². The van der Waals surface area contributed by atoms with Crippen LogP contribution in [0.5, 0.6) is 0 Å². The van der Waals surface area contributed by atoms with Gasteiger partial charge in [-0.15, -0.1) is 11.3 Å². The number of ether oxygens (including phenoxy) is 1. The number of rotatable bonds is 7. The fraction of sp³-hybridized carbons (Fsp3) is 0.417. The lowest BCUT2D eigenvalue weighted by molar-refractivity contribution is 0.199. The Balaban J connectivity index is 1.83. The predicted octanol–water partition coefficient (Wildman–Crippen LogP) is 1.38. The van der Waals surface area contributed by atoms with E-state index in [-0.39, 0.29) is 0 Å². The molecule has 2 rings (SSSR count). The fourth-order valence-corrected chi connectivity index (χ4v) is 2.25. The highest BCUT2D eigenvalue weighted by atomic mass is 32.1. The van der Waals surface area contributed by atoms with Gasteiger partial charge in [0.05, 0.1) is 12.3 Å². The first-order chi connectivity index (χ1) is 8.90. The molecule has 0 saturated heterocycles. The highest BCUT2D eigenvalue weighted by Crippen LogP contribution is 2.19. The molecule has 1 N–H and O–H groups in total. The molecule has 0 aliphatic heterocycles. The van der Waals surface area contributed by atoms with Crippen molar-refractivity contribution in [2.24, 2.45) is 0 Å². The van der Waals surface area contributed by atoms with Crippen molar-refractivity contribution in [2.45, 2.75) is 6.42 Å². The summed E-state index contributed by atoms with van der Waals surface area (Å²) in [6.07, 6.45) is 4.37. The average molecular weight is 264 g/mol. The summed E-state index contributed by atoms with van der Waals surface area (Å²) in [5, 5.41) is 6.23. The molecule has 6 heteroatoms. The molecule has 0 saturated carbocycles. The molecule has 2 heterocycles. The summed E-state index contributed by atoms with van der Waals surface area (Å²) in [5.41, 5.74) is 1.08. The van der Waals surface area contributed by atoms with Crippen molar-refractivity contribution >= 4 is 11.3 Å². The average Bonchev–Trinajstić information content (AvgIpc) is 2.88. The minimum absolute atomic E-state index is 0.695. The van der Waals surface area contributed by atoms with Gasteiger partial charge in [0.1, 0.15) is 0 Å². The van der Waals surface area contributed by atoms with Gasteiger partial charge in [-0.05, 0) is 6.07 Å². The van der Waals surface area contributed by atoms with Gasteiger partial charge < -0.3 is 10.1 Å². The maximum absolute atomic E-state index is 4.96. The van der Waals surface area contributed by atoms with Gasteiger partial charge in [0.25, 0.3) is 0 Å². The van der Waals surface area contributed by atoms with E-state index >= 15 is 0 Å². The summed E-state index contributed by atoms with van der Waals surface area (Å²) < 4.78 is 4.96. The third kappa shape index (κ3) is 3.83. The molecule has 0 radical (unpaired) electrons. The van der Waals surface area contributed by atoms with E-state index in [0.717, 1.165) is 36.8 Å². The topological polar surface area (TPSA) is 59.9 Å². The van der Waals surface area contributed by atoms with E-state index in [2.05, 4.69) is 25.6 Å². The molecule has 0 spiro atoms. The van der Waals surface area contributed by atoms with Gasteiger partial charge >= 0.3 is 0 Å². The number of thiazole rings is 1. The SMILES string of the molecule is COCCNCCc1csc(-c2ncccn2)n1. The van der Waals surface area contributed by atoms with E-state index < -0.39 is 0 Å². The van der Waals surface area contributed by atoms with E-state index in [9.17, 15) is 0 Å². The van der Waals surface area contributed by atoms with Crippen LogP contribution in [-0.4, -0.2) is 41.8 Å². The predicted molar refractivity (Wildman–Crippen MR) is 71.6 cm³/mol. The van der Waals surface area contributed by atoms with Crippen LogP contribution in [0.1, 0.15) is 5.69 Å². The number of methoxy groups -OCH3 is 1. The molecule has 18 heavy (non-hydrogen) atoms. The van der Waals surface area contributed by atoms with Gasteiger partial charge in [-0.1, -0.05) is 0 Å². The maximum Gasteiger partial charge on any atom is 0.188 e. The Morgan fingerprint density at radius 1 is 1.28 bits per heavy atom. The van der Waals surface area contributed by atoms with Gasteiger partial charge in [-0.2, -0.15) is 0 Å². The molecule has 5 nitrogen and oxygen atoms in total. The smallest absolute Gasteiger partial charge is 0.188 e. The molecular formula is C12H16N4OS. The zero-order chi connectivity index (χ0) is 12.6. The Morgan fingerprint density at radius 3 is 2.89 bits per heavy atom. The van der Waals surface area contributed by atoms with Crippen LogP contribution < -0.4 is 5.32 Å². The first-order valence-electron chi connectivity index (χ1n) is 5.81. The molecule has 0 aromatic carbocycles. The van der Waals surface area contributed by atoms with E-state index in [1.54, 1.807) is 36.9 Å². The standard InChI is InChI=1S/C12H16N4OS/c1-17-8-7-13-6-3-10-9-18-12(16-10)11-14-4-2-5-15-11/h2,4-5,9,13H,3,6-8H2,1H3. The molecule has 0 amide bonds. The first-order valence-corrected chi connectivity index (χ1v) is 6.69. The van der Waals surface area contributed by atoms with E-state index in [1.165, 1.54) is 0 Å². The second-order valence-corrected chi connectivity index (χ2v) is 4.57. The zero-order valence-corrected chi connectivity index (χ0v) is 11.1. The van der Waals surface area contributed by atoms with Gasteiger partial charge in [-0.3, -0.25) is 0 Å². The molecule has 2 aromatic rings. The molecule has 0 unspecified atom stereocenters. The Bertz CT molecular complexity index is 460. The molecular weight excluding hydrogens is 248 g/mol. The van der Waals surface area contributed by atoms with Crippen LogP contribution in [0.2, 0.25) is 0 Å². The number of hydrogen-bond acceptors (Lipinski definition) is 6. The normalized spacial score (nSPS) is 10.7. The summed E-state index contributed by atoms with van der Waals surface area (Å²) >= 11 is 1.58. The molecule has 0 fully saturated rings. The van der Waals surface area contributed by atoms with Gasteiger partial charge in [0.2, 0.25) is 0 Å². The van der Waals surface area contributed by atoms with Crippen molar-refractivity contribution in [3.63, 3.8) is 0 Å². The lowest BCUT2D eigenvalue weighted by Gasteiger charge is -2.01. The van der Waals surface area contributed by atoms with Crippen molar-refractivity contribution in [3.05, 3.63) is 29.5 Å². The first kappa shape index (κ1) is 13.1. The second kappa shape index (κ2) is 7.15. The van der Waals surface area contributed by atoms with Crippen molar-refractivity contribution in [1.82, 2.24) is 20.3 Å². The fourth-order valence-electron chi connectivity index (χ4n) is 1.45. The van der Waals surface area contributed by atoms with Crippen molar-refractivity contribution in [3.8, 4) is 10.8 Å². The van der Waals surface area contributed by atoms with Crippen LogP contribution in [0.4, 0.5) is 0 Å². The lowest BCUT2D eigenvalue weighted by Crippen LogP contribution is -2.21. The summed E-state index contributed by atoms with van der Waals surface area (Å²) in [6.45, 7) is 2.51. The highest BCUT2D eigenvalue weighted by Gasteiger charge is 2.06. The van der Waals surface area contributed by atoms with Crippen LogP contribution in [0, 0.1) is 0 Å². The molecule has 96 valence electrons. The Morgan fingerprint density at radius 2 is 2.11 bits per heavy atom. The van der Waals surface area contributed by atoms with Crippen LogP contribution in [-0.2, 0) is 11.2 Å². The largest absolute Gasteiger partial charge is 0.383 e. The highest BCUT2D eigenvalue weighted by molar-refractivity contribution is 7.13. The van der Waals surface area contributed by atoms with Crippen LogP contribution in [0.3, 0.4) is 0 Å². The Labute approximate surface area is 110 Å². The molecule has 0 aliphatic carbocycles. The summed E-state index contributed by atoms with van der Waals surface area (Å²) in [4.78, 5) is 12.9.